The van der Waals surface area contributed by atoms with Crippen LogP contribution < -0.4 is 38.0 Å². The van der Waals surface area contributed by atoms with Crippen LogP contribution in [0.5, 0.6) is 0 Å². The molecule has 0 saturated carbocycles. The fraction of sp³-hybridized carbons (Fsp3) is 0.600. The Labute approximate surface area is 96.3 Å². The third-order valence-electron chi connectivity index (χ3n) is 2.36. The Morgan fingerprint density at radius 2 is 2.21 bits per heavy atom. The second kappa shape index (κ2) is 5.60. The van der Waals surface area contributed by atoms with E-state index in [1.54, 1.807) is 0 Å². The number of nitrogens with one attached hydrogen (secondary N) is 1. The van der Waals surface area contributed by atoms with E-state index >= 15 is 0 Å². The summed E-state index contributed by atoms with van der Waals surface area (Å²) in [5.74, 6) is 0. The average Bonchev–Trinajstić information content (AvgIpc) is 2.66. The van der Waals surface area contributed by atoms with E-state index in [-0.39, 0.29) is 21.2 Å². The molecule has 1 heterocycles. The summed E-state index contributed by atoms with van der Waals surface area (Å²) in [6.45, 7) is 2.98. The number of halogens is 1. The van der Waals surface area contributed by atoms with Crippen LogP contribution >= 0.6 is 0 Å². The Balaban J connectivity index is 2.74. The van der Waals surface area contributed by atoms with Crippen molar-refractivity contribution in [3.8, 4) is 0 Å². The molecule has 0 bridgehead atoms. The molecule has 82 valence electrons. The zero-order valence-corrected chi connectivity index (χ0v) is 11.0. The first kappa shape index (κ1) is 11.8. The fourth-order valence-electron chi connectivity index (χ4n) is 1.47. The van der Waals surface area contributed by atoms with Crippen LogP contribution in [0.4, 0.5) is 0 Å². The quantitative estimate of drug-likeness (QED) is 0.307. The number of rotatable bonds is 3. The van der Waals surface area contributed by atoms with Crippen molar-refractivity contribution >= 4 is 0 Å². The second-order valence-electron chi connectivity index (χ2n) is 3.51. The molecule has 1 atom stereocenters. The standard InChI is InChI=1S/C10H19IN3/c1-7(12)9(13)6-8(11-2)10-4-3-5-14-10/h6,10,14H,3-5,12-13H2,1-2H3/q-1/b8-6-,9-7-/t10-/m1/s1. The average molecular weight is 308 g/mol. The Bertz CT molecular complexity index is 248. The van der Waals surface area contributed by atoms with Crippen molar-refractivity contribution in [3.05, 3.63) is 21.0 Å². The zero-order chi connectivity index (χ0) is 10.6. The van der Waals surface area contributed by atoms with Gasteiger partial charge >= 0.3 is 96.3 Å². The monoisotopic (exact) mass is 308 g/mol. The van der Waals surface area contributed by atoms with E-state index in [1.807, 2.05) is 6.92 Å². The van der Waals surface area contributed by atoms with Gasteiger partial charge in [0.1, 0.15) is 0 Å². The van der Waals surface area contributed by atoms with E-state index < -0.39 is 0 Å². The van der Waals surface area contributed by atoms with Crippen LogP contribution in [-0.2, 0) is 0 Å². The summed E-state index contributed by atoms with van der Waals surface area (Å²) in [5, 5.41) is 3.49. The van der Waals surface area contributed by atoms with Crippen LogP contribution in [-0.4, -0.2) is 17.5 Å². The molecule has 1 saturated heterocycles. The maximum absolute atomic E-state index is 5.83. The van der Waals surface area contributed by atoms with Gasteiger partial charge in [-0.05, 0) is 0 Å². The van der Waals surface area contributed by atoms with Crippen molar-refractivity contribution < 1.29 is 21.2 Å². The minimum absolute atomic E-state index is 0.0983. The van der Waals surface area contributed by atoms with Crippen LogP contribution in [0, 0.1) is 0 Å². The maximum atomic E-state index is 5.83. The topological polar surface area (TPSA) is 64.1 Å². The third kappa shape index (κ3) is 3.16. The van der Waals surface area contributed by atoms with E-state index in [2.05, 4.69) is 16.3 Å². The van der Waals surface area contributed by atoms with Gasteiger partial charge in [0, 0.05) is 0 Å². The number of hydrogen-bond acceptors (Lipinski definition) is 3. The summed E-state index contributed by atoms with van der Waals surface area (Å²) >= 11 is 0.0983. The van der Waals surface area contributed by atoms with Gasteiger partial charge in [0.25, 0.3) is 0 Å². The first-order chi connectivity index (χ1) is 6.65. The van der Waals surface area contributed by atoms with Crippen molar-refractivity contribution in [1.82, 2.24) is 5.32 Å². The molecule has 1 aliphatic heterocycles. The summed E-state index contributed by atoms with van der Waals surface area (Å²) in [6.07, 6.45) is 4.60. The van der Waals surface area contributed by atoms with Crippen LogP contribution in [0.1, 0.15) is 19.8 Å². The minimum atomic E-state index is 0.0983. The number of hydrogen-bond donors (Lipinski definition) is 3. The molecule has 0 aliphatic carbocycles. The van der Waals surface area contributed by atoms with Gasteiger partial charge < -0.3 is 0 Å². The van der Waals surface area contributed by atoms with Crippen molar-refractivity contribution in [2.75, 3.05) is 11.5 Å². The Hall–Kier alpha value is -0.230. The predicted octanol–water partition coefficient (Wildman–Crippen LogP) is -2.51. The zero-order valence-electron chi connectivity index (χ0n) is 8.81. The molecule has 1 fully saturated rings. The van der Waals surface area contributed by atoms with Crippen molar-refractivity contribution in [1.29, 1.82) is 0 Å². The molecular weight excluding hydrogens is 289 g/mol. The van der Waals surface area contributed by atoms with E-state index in [4.69, 9.17) is 11.5 Å². The summed E-state index contributed by atoms with van der Waals surface area (Å²) in [4.78, 5) is 2.27. The summed E-state index contributed by atoms with van der Waals surface area (Å²) < 4.78 is 1.48. The molecule has 3 nitrogen and oxygen atoms in total. The summed E-state index contributed by atoms with van der Waals surface area (Å²) in [5.41, 5.74) is 12.9. The van der Waals surface area contributed by atoms with Gasteiger partial charge in [-0.2, -0.15) is 0 Å². The first-order valence-corrected chi connectivity index (χ1v) is 8.05. The van der Waals surface area contributed by atoms with E-state index in [1.165, 1.54) is 16.4 Å². The van der Waals surface area contributed by atoms with Crippen LogP contribution in [0.3, 0.4) is 0 Å². The summed E-state index contributed by atoms with van der Waals surface area (Å²) in [7, 11) is 0. The predicted molar refractivity (Wildman–Crippen MR) is 56.1 cm³/mol. The van der Waals surface area contributed by atoms with Gasteiger partial charge in [0.2, 0.25) is 0 Å². The van der Waals surface area contributed by atoms with Crippen molar-refractivity contribution in [2.24, 2.45) is 11.5 Å². The normalized spacial score (nSPS) is 25.3. The molecule has 0 aromatic carbocycles. The molecule has 1 aliphatic rings. The molecule has 0 aromatic heterocycles. The summed E-state index contributed by atoms with van der Waals surface area (Å²) in [6, 6.07) is 0.561. The molecule has 4 heteroatoms. The molecule has 5 N–H and O–H groups in total. The number of allylic oxidation sites excluding steroid dienone is 2. The van der Waals surface area contributed by atoms with Gasteiger partial charge in [-0.25, -0.2) is 0 Å². The SMILES string of the molecule is C[I-]/C(=C\C(N)=C(/C)N)[C@H]1CCCN1. The van der Waals surface area contributed by atoms with Gasteiger partial charge in [-0.15, -0.1) is 0 Å². The molecule has 0 unspecified atom stereocenters. The van der Waals surface area contributed by atoms with Gasteiger partial charge in [-0.3, -0.25) is 0 Å². The second-order valence-corrected chi connectivity index (χ2v) is 5.83. The van der Waals surface area contributed by atoms with Crippen LogP contribution in [0.25, 0.3) is 0 Å². The van der Waals surface area contributed by atoms with E-state index in [9.17, 15) is 0 Å². The van der Waals surface area contributed by atoms with Gasteiger partial charge in [0.05, 0.1) is 0 Å². The molecule has 0 amide bonds. The molecule has 0 aromatic rings. The van der Waals surface area contributed by atoms with Crippen LogP contribution in [0.2, 0.25) is 0 Å². The van der Waals surface area contributed by atoms with E-state index in [0.717, 1.165) is 17.9 Å². The van der Waals surface area contributed by atoms with Gasteiger partial charge in [-0.1, -0.05) is 0 Å². The van der Waals surface area contributed by atoms with E-state index in [0.29, 0.717) is 6.04 Å². The molecule has 0 spiro atoms. The first-order valence-electron chi connectivity index (χ1n) is 4.81. The van der Waals surface area contributed by atoms with Gasteiger partial charge in [0.15, 0.2) is 0 Å². The van der Waals surface area contributed by atoms with Crippen molar-refractivity contribution in [3.63, 3.8) is 0 Å². The van der Waals surface area contributed by atoms with Crippen molar-refractivity contribution in [2.45, 2.75) is 25.8 Å². The van der Waals surface area contributed by atoms with Crippen LogP contribution in [0.15, 0.2) is 21.0 Å². The third-order valence-corrected chi connectivity index (χ3v) is 4.67. The fourth-order valence-corrected chi connectivity index (χ4v) is 3.40. The number of alkyl halides is 1. The Morgan fingerprint density at radius 3 is 2.64 bits per heavy atom. The Kier molecular flexibility index (Phi) is 4.74. The Morgan fingerprint density at radius 1 is 1.50 bits per heavy atom. The number of nitrogens with two attached hydrogens (primary N) is 2. The molecular formula is C10H19IN3-. The molecule has 14 heavy (non-hydrogen) atoms. The molecule has 1 rings (SSSR count). The molecule has 0 radical (unpaired) electrons.